The molecule has 3 N–H and O–H groups in total. The third-order valence-corrected chi connectivity index (χ3v) is 6.75. The van der Waals surface area contributed by atoms with Gasteiger partial charge in [-0.15, -0.1) is 0 Å². The minimum absolute atomic E-state index is 0.272. The number of amides is 1. The van der Waals surface area contributed by atoms with Crippen molar-refractivity contribution in [1.29, 1.82) is 0 Å². The quantitative estimate of drug-likeness (QED) is 0.322. The summed E-state index contributed by atoms with van der Waals surface area (Å²) in [4.78, 5) is 31.1. The molecule has 1 fully saturated rings. The number of anilines is 1. The number of carbonyl (C=O) groups excluding carboxylic acids is 1. The molecule has 1 aromatic heterocycles. The topological polar surface area (TPSA) is 95.1 Å². The number of nitrogens with one attached hydrogen (secondary N) is 2. The number of carboxylic acids is 1. The van der Waals surface area contributed by atoms with Crippen LogP contribution in [0.3, 0.4) is 0 Å². The zero-order chi connectivity index (χ0) is 23.5. The van der Waals surface area contributed by atoms with Crippen LogP contribution in [0.2, 0.25) is 0 Å². The van der Waals surface area contributed by atoms with Gasteiger partial charge in [-0.3, -0.25) is 9.59 Å². The Bertz CT molecular complexity index is 1300. The normalized spacial score (nSPS) is 18.0. The van der Waals surface area contributed by atoms with E-state index in [2.05, 4.69) is 39.6 Å². The van der Waals surface area contributed by atoms with Crippen LogP contribution >= 0.6 is 0 Å². The third-order valence-electron chi connectivity index (χ3n) is 6.75. The minimum Gasteiger partial charge on any atom is -0.481 e. The largest absolute Gasteiger partial charge is 0.481 e. The maximum Gasteiger partial charge on any atom is 0.303 e. The first-order chi connectivity index (χ1) is 16.5. The molecule has 0 bridgehead atoms. The van der Waals surface area contributed by atoms with Gasteiger partial charge in [-0.1, -0.05) is 48.5 Å². The maximum absolute atomic E-state index is 12.6. The highest BCUT2D eigenvalue weighted by Crippen LogP contribution is 2.37. The summed E-state index contributed by atoms with van der Waals surface area (Å²) in [7, 11) is 0. The molecule has 1 saturated carbocycles. The highest BCUT2D eigenvalue weighted by molar-refractivity contribution is 6.03. The molecular weight excluding hydrogens is 426 g/mol. The van der Waals surface area contributed by atoms with Gasteiger partial charge in [0.2, 0.25) is 0 Å². The summed E-state index contributed by atoms with van der Waals surface area (Å²) in [5.41, 5.74) is 5.77. The number of aromatic amines is 1. The number of hydrogen-bond acceptors (Lipinski definition) is 3. The van der Waals surface area contributed by atoms with Gasteiger partial charge in [0.1, 0.15) is 0 Å². The SMILES string of the molecule is O=C(O)CC1CCC(c2ccc(-c3ccc4nc(C(=O)Nc5ccccc5)[nH]c4c3)cc2)CC1. The van der Waals surface area contributed by atoms with E-state index >= 15 is 0 Å². The van der Waals surface area contributed by atoms with Crippen molar-refractivity contribution in [2.24, 2.45) is 5.92 Å². The number of aliphatic carboxylic acids is 1. The molecule has 6 heteroatoms. The fourth-order valence-electron chi connectivity index (χ4n) is 4.90. The first-order valence-corrected chi connectivity index (χ1v) is 11.7. The average Bonchev–Trinajstić information content (AvgIpc) is 3.29. The Hall–Kier alpha value is -3.93. The Kier molecular flexibility index (Phi) is 6.12. The van der Waals surface area contributed by atoms with Gasteiger partial charge < -0.3 is 15.4 Å². The molecule has 1 aliphatic carbocycles. The molecule has 0 atom stereocenters. The lowest BCUT2D eigenvalue weighted by Crippen LogP contribution is -2.16. The summed E-state index contributed by atoms with van der Waals surface area (Å²) in [5, 5.41) is 11.9. The fraction of sp³-hybridized carbons (Fsp3) is 0.250. The van der Waals surface area contributed by atoms with Crippen molar-refractivity contribution in [3.8, 4) is 11.1 Å². The number of carbonyl (C=O) groups is 2. The minimum atomic E-state index is -0.689. The number of rotatable bonds is 6. The van der Waals surface area contributed by atoms with E-state index in [-0.39, 0.29) is 18.2 Å². The van der Waals surface area contributed by atoms with Crippen LogP contribution in [0.5, 0.6) is 0 Å². The Balaban J connectivity index is 1.28. The average molecular weight is 454 g/mol. The lowest BCUT2D eigenvalue weighted by atomic mass is 9.77. The lowest BCUT2D eigenvalue weighted by Gasteiger charge is -2.28. The summed E-state index contributed by atoms with van der Waals surface area (Å²) in [6.45, 7) is 0. The first kappa shape index (κ1) is 21.9. The molecule has 6 nitrogen and oxygen atoms in total. The molecular formula is C28H27N3O3. The van der Waals surface area contributed by atoms with Crippen molar-refractivity contribution in [3.63, 3.8) is 0 Å². The number of carboxylic acid groups (broad SMARTS) is 1. The van der Waals surface area contributed by atoms with E-state index in [1.165, 1.54) is 5.56 Å². The van der Waals surface area contributed by atoms with Crippen LogP contribution in [0, 0.1) is 5.92 Å². The standard InChI is InChI=1S/C28H27N3O3/c32-26(33)16-18-6-8-19(9-7-18)20-10-12-21(13-11-20)22-14-15-24-25(17-22)31-27(30-24)28(34)29-23-4-2-1-3-5-23/h1-5,10-15,17-19H,6-9,16H2,(H,29,34)(H,30,31)(H,32,33). The molecule has 1 aliphatic rings. The van der Waals surface area contributed by atoms with Crippen molar-refractivity contribution < 1.29 is 14.7 Å². The van der Waals surface area contributed by atoms with Crippen LogP contribution in [-0.2, 0) is 4.79 Å². The number of benzene rings is 3. The van der Waals surface area contributed by atoms with Crippen LogP contribution in [0.25, 0.3) is 22.2 Å². The Labute approximate surface area is 198 Å². The highest BCUT2D eigenvalue weighted by Gasteiger charge is 2.24. The van der Waals surface area contributed by atoms with Crippen LogP contribution in [0.1, 0.15) is 54.2 Å². The number of H-pyrrole nitrogens is 1. The van der Waals surface area contributed by atoms with E-state index in [9.17, 15) is 9.59 Å². The maximum atomic E-state index is 12.6. The second kappa shape index (κ2) is 9.51. The number of fused-ring (bicyclic) bond motifs is 1. The monoisotopic (exact) mass is 453 g/mol. The highest BCUT2D eigenvalue weighted by atomic mass is 16.4. The molecule has 0 aliphatic heterocycles. The summed E-state index contributed by atoms with van der Waals surface area (Å²) >= 11 is 0. The predicted molar refractivity (Wildman–Crippen MR) is 133 cm³/mol. The number of hydrogen-bond donors (Lipinski definition) is 3. The molecule has 3 aromatic carbocycles. The predicted octanol–water partition coefficient (Wildman–Crippen LogP) is 6.23. The van der Waals surface area contributed by atoms with E-state index in [1.54, 1.807) is 0 Å². The van der Waals surface area contributed by atoms with Gasteiger partial charge in [-0.2, -0.15) is 0 Å². The van der Waals surface area contributed by atoms with E-state index in [1.807, 2.05) is 48.5 Å². The Morgan fingerprint density at radius 1 is 0.912 bits per heavy atom. The molecule has 34 heavy (non-hydrogen) atoms. The first-order valence-electron chi connectivity index (χ1n) is 11.7. The molecule has 1 heterocycles. The summed E-state index contributed by atoms with van der Waals surface area (Å²) in [6.07, 6.45) is 4.35. The number of nitrogens with zero attached hydrogens (tertiary/aromatic N) is 1. The van der Waals surface area contributed by atoms with E-state index in [0.717, 1.165) is 53.5 Å². The van der Waals surface area contributed by atoms with Crippen LogP contribution < -0.4 is 5.32 Å². The zero-order valence-electron chi connectivity index (χ0n) is 18.8. The molecule has 0 saturated heterocycles. The van der Waals surface area contributed by atoms with E-state index in [0.29, 0.717) is 11.8 Å². The van der Waals surface area contributed by atoms with Gasteiger partial charge in [0.05, 0.1) is 11.0 Å². The molecule has 0 radical (unpaired) electrons. The Morgan fingerprint density at radius 2 is 1.62 bits per heavy atom. The number of aromatic nitrogens is 2. The molecule has 1 amide bonds. The lowest BCUT2D eigenvalue weighted by molar-refractivity contribution is -0.138. The van der Waals surface area contributed by atoms with Crippen molar-refractivity contribution in [3.05, 3.63) is 84.2 Å². The molecule has 0 spiro atoms. The summed E-state index contributed by atoms with van der Waals surface area (Å²) in [5.74, 6) is 0.135. The molecule has 4 aromatic rings. The molecule has 5 rings (SSSR count). The summed E-state index contributed by atoms with van der Waals surface area (Å²) in [6, 6.07) is 23.9. The third kappa shape index (κ3) is 4.86. The van der Waals surface area contributed by atoms with Crippen molar-refractivity contribution in [2.75, 3.05) is 5.32 Å². The van der Waals surface area contributed by atoms with Crippen molar-refractivity contribution in [2.45, 2.75) is 38.0 Å². The zero-order valence-corrected chi connectivity index (χ0v) is 18.8. The van der Waals surface area contributed by atoms with Gasteiger partial charge in [0, 0.05) is 12.1 Å². The molecule has 0 unspecified atom stereocenters. The smallest absolute Gasteiger partial charge is 0.303 e. The Morgan fingerprint density at radius 3 is 2.32 bits per heavy atom. The van der Waals surface area contributed by atoms with Crippen molar-refractivity contribution in [1.82, 2.24) is 9.97 Å². The second-order valence-electron chi connectivity index (χ2n) is 9.08. The summed E-state index contributed by atoms with van der Waals surface area (Å²) < 4.78 is 0. The fourth-order valence-corrected chi connectivity index (χ4v) is 4.90. The number of para-hydroxylation sites is 1. The van der Waals surface area contributed by atoms with Gasteiger partial charge >= 0.3 is 5.97 Å². The second-order valence-corrected chi connectivity index (χ2v) is 9.08. The van der Waals surface area contributed by atoms with Crippen molar-refractivity contribution >= 4 is 28.6 Å². The molecule has 172 valence electrons. The van der Waals surface area contributed by atoms with E-state index in [4.69, 9.17) is 5.11 Å². The van der Waals surface area contributed by atoms with E-state index < -0.39 is 5.97 Å². The van der Waals surface area contributed by atoms with Crippen LogP contribution in [0.15, 0.2) is 72.8 Å². The van der Waals surface area contributed by atoms with Gasteiger partial charge in [0.25, 0.3) is 5.91 Å². The van der Waals surface area contributed by atoms with Crippen LogP contribution in [0.4, 0.5) is 5.69 Å². The van der Waals surface area contributed by atoms with Gasteiger partial charge in [-0.05, 0) is 78.5 Å². The van der Waals surface area contributed by atoms with Gasteiger partial charge in [-0.25, -0.2) is 4.98 Å². The number of imidazole rings is 1. The van der Waals surface area contributed by atoms with Crippen LogP contribution in [-0.4, -0.2) is 27.0 Å². The van der Waals surface area contributed by atoms with Gasteiger partial charge in [0.15, 0.2) is 5.82 Å².